The van der Waals surface area contributed by atoms with E-state index in [0.29, 0.717) is 4.88 Å². The van der Waals surface area contributed by atoms with E-state index < -0.39 is 0 Å². The van der Waals surface area contributed by atoms with Gasteiger partial charge in [0.1, 0.15) is 0 Å². The second-order valence-corrected chi connectivity index (χ2v) is 3.59. The van der Waals surface area contributed by atoms with Crippen molar-refractivity contribution in [2.24, 2.45) is 0 Å². The molecule has 0 aromatic carbocycles. The minimum absolute atomic E-state index is 0.133. The van der Waals surface area contributed by atoms with Gasteiger partial charge in [0.05, 0.1) is 4.88 Å². The number of nitrogens with zero attached hydrogens (tertiary/aromatic N) is 3. The maximum absolute atomic E-state index is 10.1. The number of nitro groups is 1. The smallest absolute Gasteiger partial charge is 0.239 e. The van der Waals surface area contributed by atoms with Gasteiger partial charge in [0.15, 0.2) is 5.13 Å². The van der Waals surface area contributed by atoms with Gasteiger partial charge in [-0.25, -0.2) is 4.98 Å². The molecule has 0 aliphatic rings. The third kappa shape index (κ3) is 2.16. The lowest BCUT2D eigenvalue weighted by Gasteiger charge is -2.04. The summed E-state index contributed by atoms with van der Waals surface area (Å²) in [5.74, 6) is 0. The summed E-state index contributed by atoms with van der Waals surface area (Å²) < 4.78 is 0. The first kappa shape index (κ1) is 8.92. The second kappa shape index (κ2) is 3.48. The van der Waals surface area contributed by atoms with E-state index in [1.807, 2.05) is 19.0 Å². The Labute approximate surface area is 73.8 Å². The molecular formula is C6H9N3O2S. The molecule has 1 aromatic rings. The van der Waals surface area contributed by atoms with E-state index in [2.05, 4.69) is 4.98 Å². The molecule has 0 fully saturated rings. The molecular weight excluding hydrogens is 178 g/mol. The maximum Gasteiger partial charge on any atom is 0.239 e. The number of anilines is 1. The van der Waals surface area contributed by atoms with E-state index in [1.54, 1.807) is 6.20 Å². The molecule has 1 rings (SSSR count). The Hall–Kier alpha value is -1.17. The van der Waals surface area contributed by atoms with Crippen LogP contribution in [0, 0.1) is 10.1 Å². The van der Waals surface area contributed by atoms with Crippen molar-refractivity contribution in [2.45, 2.75) is 6.54 Å². The summed E-state index contributed by atoms with van der Waals surface area (Å²) in [4.78, 5) is 16.3. The summed E-state index contributed by atoms with van der Waals surface area (Å²) in [5.41, 5.74) is 0. The molecule has 0 atom stereocenters. The molecule has 0 bridgehead atoms. The normalized spacial score (nSPS) is 9.83. The molecule has 0 unspecified atom stereocenters. The van der Waals surface area contributed by atoms with Crippen LogP contribution in [0.2, 0.25) is 0 Å². The lowest BCUT2D eigenvalue weighted by molar-refractivity contribution is -0.496. The Morgan fingerprint density at radius 1 is 1.75 bits per heavy atom. The zero-order chi connectivity index (χ0) is 9.14. The predicted molar refractivity (Wildman–Crippen MR) is 47.1 cm³/mol. The molecule has 0 aliphatic heterocycles. The molecule has 0 saturated carbocycles. The number of rotatable bonds is 3. The van der Waals surface area contributed by atoms with Gasteiger partial charge in [-0.05, 0) is 0 Å². The van der Waals surface area contributed by atoms with E-state index in [9.17, 15) is 10.1 Å². The van der Waals surface area contributed by atoms with Crippen LogP contribution in [0.3, 0.4) is 0 Å². The molecule has 0 spiro atoms. The zero-order valence-corrected chi connectivity index (χ0v) is 7.67. The van der Waals surface area contributed by atoms with Crippen LogP contribution >= 0.6 is 11.3 Å². The average Bonchev–Trinajstić information content (AvgIpc) is 2.34. The van der Waals surface area contributed by atoms with Gasteiger partial charge in [-0.15, -0.1) is 0 Å². The Morgan fingerprint density at radius 2 is 2.42 bits per heavy atom. The number of hydrogen-bond acceptors (Lipinski definition) is 5. The quantitative estimate of drug-likeness (QED) is 0.523. The number of hydrogen-bond donors (Lipinski definition) is 0. The van der Waals surface area contributed by atoms with Crippen LogP contribution in [0.15, 0.2) is 6.20 Å². The van der Waals surface area contributed by atoms with Gasteiger partial charge in [0, 0.05) is 25.2 Å². The SMILES string of the molecule is CN(C)c1ncc(C[N+](=O)[O-])s1. The van der Waals surface area contributed by atoms with Crippen LogP contribution in [-0.4, -0.2) is 24.0 Å². The minimum atomic E-state index is -0.354. The Kier molecular flexibility index (Phi) is 2.59. The highest BCUT2D eigenvalue weighted by Gasteiger charge is 2.07. The average molecular weight is 187 g/mol. The van der Waals surface area contributed by atoms with Gasteiger partial charge in [-0.3, -0.25) is 10.1 Å². The fourth-order valence-electron chi connectivity index (χ4n) is 0.704. The predicted octanol–water partition coefficient (Wildman–Crippen LogP) is 0.986. The molecule has 0 amide bonds. The Bertz CT molecular complexity index is 284. The summed E-state index contributed by atoms with van der Waals surface area (Å²) in [6, 6.07) is 0. The fourth-order valence-corrected chi connectivity index (χ4v) is 1.50. The third-order valence-corrected chi connectivity index (χ3v) is 2.36. The van der Waals surface area contributed by atoms with Gasteiger partial charge in [0.25, 0.3) is 0 Å². The molecule has 6 heteroatoms. The van der Waals surface area contributed by atoms with Crippen LogP contribution in [0.4, 0.5) is 5.13 Å². The van der Waals surface area contributed by atoms with E-state index in [-0.39, 0.29) is 11.5 Å². The number of thiazole rings is 1. The monoisotopic (exact) mass is 187 g/mol. The van der Waals surface area contributed by atoms with Crippen molar-refractivity contribution in [3.05, 3.63) is 21.2 Å². The van der Waals surface area contributed by atoms with Gasteiger partial charge >= 0.3 is 0 Å². The van der Waals surface area contributed by atoms with Crippen LogP contribution in [-0.2, 0) is 6.54 Å². The third-order valence-electron chi connectivity index (χ3n) is 1.21. The van der Waals surface area contributed by atoms with Crippen molar-refractivity contribution < 1.29 is 4.92 Å². The van der Waals surface area contributed by atoms with Crippen molar-refractivity contribution in [3.8, 4) is 0 Å². The standard InChI is InChI=1S/C6H9N3O2S/c1-8(2)6-7-3-5(12-6)4-9(10)11/h3H,4H2,1-2H3. The summed E-state index contributed by atoms with van der Waals surface area (Å²) in [6.45, 7) is -0.133. The van der Waals surface area contributed by atoms with E-state index in [1.165, 1.54) is 11.3 Å². The van der Waals surface area contributed by atoms with E-state index in [0.717, 1.165) is 5.13 Å². The first-order valence-corrected chi connectivity index (χ1v) is 4.15. The van der Waals surface area contributed by atoms with Crippen molar-refractivity contribution in [3.63, 3.8) is 0 Å². The lowest BCUT2D eigenvalue weighted by Crippen LogP contribution is -2.07. The van der Waals surface area contributed by atoms with Crippen molar-refractivity contribution in [1.82, 2.24) is 4.98 Å². The molecule has 66 valence electrons. The van der Waals surface area contributed by atoms with Gasteiger partial charge in [0.2, 0.25) is 6.54 Å². The summed E-state index contributed by atoms with van der Waals surface area (Å²) in [6.07, 6.45) is 1.54. The van der Waals surface area contributed by atoms with Gasteiger partial charge in [-0.1, -0.05) is 11.3 Å². The number of aromatic nitrogens is 1. The molecule has 0 N–H and O–H groups in total. The molecule has 5 nitrogen and oxygen atoms in total. The van der Waals surface area contributed by atoms with Crippen molar-refractivity contribution in [2.75, 3.05) is 19.0 Å². The topological polar surface area (TPSA) is 59.3 Å². The summed E-state index contributed by atoms with van der Waals surface area (Å²) in [7, 11) is 3.71. The van der Waals surface area contributed by atoms with Crippen LogP contribution in [0.1, 0.15) is 4.88 Å². The van der Waals surface area contributed by atoms with Crippen molar-refractivity contribution in [1.29, 1.82) is 0 Å². The fraction of sp³-hybridized carbons (Fsp3) is 0.500. The minimum Gasteiger partial charge on any atom is -0.354 e. The highest BCUT2D eigenvalue weighted by atomic mass is 32.1. The molecule has 0 aliphatic carbocycles. The van der Waals surface area contributed by atoms with Crippen LogP contribution < -0.4 is 4.90 Å². The molecule has 0 saturated heterocycles. The maximum atomic E-state index is 10.1. The van der Waals surface area contributed by atoms with Crippen LogP contribution in [0.25, 0.3) is 0 Å². The largest absolute Gasteiger partial charge is 0.354 e. The van der Waals surface area contributed by atoms with Gasteiger partial charge < -0.3 is 4.90 Å². The lowest BCUT2D eigenvalue weighted by atomic mass is 10.6. The van der Waals surface area contributed by atoms with Crippen LogP contribution in [0.5, 0.6) is 0 Å². The van der Waals surface area contributed by atoms with E-state index in [4.69, 9.17) is 0 Å². The second-order valence-electron chi connectivity index (χ2n) is 2.49. The first-order valence-electron chi connectivity index (χ1n) is 3.33. The summed E-state index contributed by atoms with van der Waals surface area (Å²) in [5, 5.41) is 10.9. The first-order chi connectivity index (χ1) is 5.59. The molecule has 1 aromatic heterocycles. The summed E-state index contributed by atoms with van der Waals surface area (Å²) >= 11 is 1.34. The Balaban J connectivity index is 2.70. The molecule has 1 heterocycles. The van der Waals surface area contributed by atoms with Crippen molar-refractivity contribution >= 4 is 16.5 Å². The van der Waals surface area contributed by atoms with E-state index >= 15 is 0 Å². The zero-order valence-electron chi connectivity index (χ0n) is 6.85. The highest BCUT2D eigenvalue weighted by molar-refractivity contribution is 7.15. The van der Waals surface area contributed by atoms with Gasteiger partial charge in [-0.2, -0.15) is 0 Å². The molecule has 12 heavy (non-hydrogen) atoms. The Morgan fingerprint density at radius 3 is 2.83 bits per heavy atom. The highest BCUT2D eigenvalue weighted by Crippen LogP contribution is 2.20. The molecule has 0 radical (unpaired) electrons.